The van der Waals surface area contributed by atoms with Crippen molar-refractivity contribution in [1.29, 1.82) is 0 Å². The van der Waals surface area contributed by atoms with Crippen LogP contribution in [0, 0.1) is 11.8 Å². The number of nitrogens with one attached hydrogen (secondary N) is 1. The van der Waals surface area contributed by atoms with E-state index in [0.717, 1.165) is 19.7 Å². The van der Waals surface area contributed by atoms with Crippen LogP contribution in [-0.4, -0.2) is 39.5 Å². The fraction of sp³-hybridized carbons (Fsp3) is 1.00. The molecule has 92 valence electrons. The van der Waals surface area contributed by atoms with Gasteiger partial charge in [-0.1, -0.05) is 27.7 Å². The molecule has 0 aliphatic heterocycles. The lowest BCUT2D eigenvalue weighted by atomic mass is 10.2. The fourth-order valence-electron chi connectivity index (χ4n) is 1.21. The molecule has 0 heterocycles. The maximum atomic E-state index is 5.74. The van der Waals surface area contributed by atoms with Gasteiger partial charge in [-0.05, 0) is 18.4 Å². The van der Waals surface area contributed by atoms with Gasteiger partial charge >= 0.3 is 0 Å². The number of methoxy groups -OCH3 is 1. The van der Waals surface area contributed by atoms with Crippen molar-refractivity contribution in [2.24, 2.45) is 11.8 Å². The second-order valence-electron chi connectivity index (χ2n) is 4.86. The predicted octanol–water partition coefficient (Wildman–Crippen LogP) is 1.92. The Morgan fingerprint density at radius 1 is 0.933 bits per heavy atom. The molecule has 0 radical (unpaired) electrons. The second-order valence-corrected chi connectivity index (χ2v) is 4.86. The highest BCUT2D eigenvalue weighted by Gasteiger charge is 2.09. The zero-order valence-corrected chi connectivity index (χ0v) is 10.9. The Balaban J connectivity index is 3.62. The first-order chi connectivity index (χ1) is 7.06. The van der Waals surface area contributed by atoms with Gasteiger partial charge < -0.3 is 14.8 Å². The average molecular weight is 217 g/mol. The van der Waals surface area contributed by atoms with Crippen molar-refractivity contribution in [1.82, 2.24) is 5.32 Å². The molecule has 0 amide bonds. The highest BCUT2D eigenvalue weighted by molar-refractivity contribution is 4.62. The standard InChI is InChI=1S/C12H27NO2/c1-10(2)6-13-7-12(9-14-5)15-8-11(3)4/h10-13H,6-9H2,1-5H3. The lowest BCUT2D eigenvalue weighted by Crippen LogP contribution is -2.35. The highest BCUT2D eigenvalue weighted by atomic mass is 16.5. The van der Waals surface area contributed by atoms with Gasteiger partial charge in [-0.2, -0.15) is 0 Å². The van der Waals surface area contributed by atoms with Gasteiger partial charge in [0.25, 0.3) is 0 Å². The Kier molecular flexibility index (Phi) is 9.06. The molecule has 0 bridgehead atoms. The minimum Gasteiger partial charge on any atom is -0.382 e. The quantitative estimate of drug-likeness (QED) is 0.640. The molecule has 0 aliphatic rings. The van der Waals surface area contributed by atoms with Crippen molar-refractivity contribution in [3.05, 3.63) is 0 Å². The zero-order chi connectivity index (χ0) is 11.7. The first-order valence-corrected chi connectivity index (χ1v) is 5.87. The van der Waals surface area contributed by atoms with Crippen LogP contribution in [-0.2, 0) is 9.47 Å². The Bertz CT molecular complexity index is 138. The lowest BCUT2D eigenvalue weighted by Gasteiger charge is -2.19. The summed E-state index contributed by atoms with van der Waals surface area (Å²) < 4.78 is 10.9. The minimum absolute atomic E-state index is 0.177. The van der Waals surface area contributed by atoms with Gasteiger partial charge in [0.05, 0.1) is 12.7 Å². The summed E-state index contributed by atoms with van der Waals surface area (Å²) in [6.07, 6.45) is 0.177. The summed E-state index contributed by atoms with van der Waals surface area (Å²) >= 11 is 0. The van der Waals surface area contributed by atoms with Crippen LogP contribution in [0.5, 0.6) is 0 Å². The molecule has 0 aromatic rings. The topological polar surface area (TPSA) is 30.5 Å². The molecule has 3 nitrogen and oxygen atoms in total. The van der Waals surface area contributed by atoms with Gasteiger partial charge in [0.2, 0.25) is 0 Å². The monoisotopic (exact) mass is 217 g/mol. The third kappa shape index (κ3) is 10.2. The van der Waals surface area contributed by atoms with Gasteiger partial charge in [0, 0.05) is 20.3 Å². The molecule has 0 spiro atoms. The smallest absolute Gasteiger partial charge is 0.0932 e. The number of hydrogen-bond acceptors (Lipinski definition) is 3. The van der Waals surface area contributed by atoms with Crippen molar-refractivity contribution >= 4 is 0 Å². The molecule has 0 saturated carbocycles. The first kappa shape index (κ1) is 14.9. The number of hydrogen-bond donors (Lipinski definition) is 1. The third-order valence-corrected chi connectivity index (χ3v) is 1.94. The van der Waals surface area contributed by atoms with Crippen LogP contribution < -0.4 is 5.32 Å². The third-order valence-electron chi connectivity index (χ3n) is 1.94. The van der Waals surface area contributed by atoms with Crippen molar-refractivity contribution in [2.75, 3.05) is 33.4 Å². The van der Waals surface area contributed by atoms with E-state index in [1.807, 2.05) is 0 Å². The molecule has 1 unspecified atom stereocenters. The van der Waals surface area contributed by atoms with E-state index in [0.29, 0.717) is 18.4 Å². The van der Waals surface area contributed by atoms with Crippen LogP contribution in [0.4, 0.5) is 0 Å². The van der Waals surface area contributed by atoms with Crippen LogP contribution in [0.3, 0.4) is 0 Å². The zero-order valence-electron chi connectivity index (χ0n) is 10.9. The van der Waals surface area contributed by atoms with E-state index in [9.17, 15) is 0 Å². The van der Waals surface area contributed by atoms with E-state index in [4.69, 9.17) is 9.47 Å². The van der Waals surface area contributed by atoms with E-state index in [1.54, 1.807) is 7.11 Å². The molecule has 0 rings (SSSR count). The van der Waals surface area contributed by atoms with Crippen LogP contribution in [0.25, 0.3) is 0 Å². The highest BCUT2D eigenvalue weighted by Crippen LogP contribution is 1.99. The van der Waals surface area contributed by atoms with Gasteiger partial charge in [0.15, 0.2) is 0 Å². The van der Waals surface area contributed by atoms with Gasteiger partial charge in [-0.25, -0.2) is 0 Å². The molecule has 0 fully saturated rings. The van der Waals surface area contributed by atoms with Crippen molar-refractivity contribution in [3.8, 4) is 0 Å². The van der Waals surface area contributed by atoms with Crippen molar-refractivity contribution in [3.63, 3.8) is 0 Å². The Morgan fingerprint density at radius 3 is 2.07 bits per heavy atom. The maximum Gasteiger partial charge on any atom is 0.0932 e. The Hall–Kier alpha value is -0.120. The Morgan fingerprint density at radius 2 is 1.60 bits per heavy atom. The molecule has 1 N–H and O–H groups in total. The molecule has 15 heavy (non-hydrogen) atoms. The molecule has 0 aliphatic carbocycles. The fourth-order valence-corrected chi connectivity index (χ4v) is 1.21. The van der Waals surface area contributed by atoms with Crippen LogP contribution in [0.1, 0.15) is 27.7 Å². The van der Waals surface area contributed by atoms with Crippen molar-refractivity contribution in [2.45, 2.75) is 33.8 Å². The predicted molar refractivity (Wildman–Crippen MR) is 64.2 cm³/mol. The number of rotatable bonds is 9. The van der Waals surface area contributed by atoms with E-state index < -0.39 is 0 Å². The summed E-state index contributed by atoms with van der Waals surface area (Å²) in [5.74, 6) is 1.26. The van der Waals surface area contributed by atoms with E-state index >= 15 is 0 Å². The summed E-state index contributed by atoms with van der Waals surface area (Å²) in [6, 6.07) is 0. The van der Waals surface area contributed by atoms with Crippen LogP contribution in [0.2, 0.25) is 0 Å². The molecule has 0 aromatic heterocycles. The van der Waals surface area contributed by atoms with Gasteiger partial charge in [0.1, 0.15) is 0 Å². The lowest BCUT2D eigenvalue weighted by molar-refractivity contribution is -0.0119. The van der Waals surface area contributed by atoms with E-state index in [1.165, 1.54) is 0 Å². The summed E-state index contributed by atoms with van der Waals surface area (Å²) in [4.78, 5) is 0. The molecular weight excluding hydrogens is 190 g/mol. The Labute approximate surface area is 94.5 Å². The number of ether oxygens (including phenoxy) is 2. The van der Waals surface area contributed by atoms with E-state index in [-0.39, 0.29) is 6.10 Å². The second kappa shape index (κ2) is 9.13. The van der Waals surface area contributed by atoms with Crippen LogP contribution >= 0.6 is 0 Å². The molecule has 0 saturated heterocycles. The largest absolute Gasteiger partial charge is 0.382 e. The maximum absolute atomic E-state index is 5.74. The van der Waals surface area contributed by atoms with Crippen LogP contribution in [0.15, 0.2) is 0 Å². The first-order valence-electron chi connectivity index (χ1n) is 5.87. The summed E-state index contributed by atoms with van der Waals surface area (Å²) in [5, 5.41) is 3.39. The minimum atomic E-state index is 0.177. The summed E-state index contributed by atoms with van der Waals surface area (Å²) in [7, 11) is 1.72. The van der Waals surface area contributed by atoms with Gasteiger partial charge in [-0.3, -0.25) is 0 Å². The summed E-state index contributed by atoms with van der Waals surface area (Å²) in [6.45, 7) is 12.1. The average Bonchev–Trinajstić information content (AvgIpc) is 2.13. The molecular formula is C12H27NO2. The van der Waals surface area contributed by atoms with E-state index in [2.05, 4.69) is 33.0 Å². The summed E-state index contributed by atoms with van der Waals surface area (Å²) in [5.41, 5.74) is 0. The molecule has 0 aromatic carbocycles. The molecule has 3 heteroatoms. The SMILES string of the molecule is COCC(CNCC(C)C)OCC(C)C. The van der Waals surface area contributed by atoms with Gasteiger partial charge in [-0.15, -0.1) is 0 Å². The normalized spacial score (nSPS) is 13.8. The molecule has 1 atom stereocenters. The van der Waals surface area contributed by atoms with Crippen molar-refractivity contribution < 1.29 is 9.47 Å².